The van der Waals surface area contributed by atoms with E-state index in [-0.39, 0.29) is 29.3 Å². The molecule has 2 aromatic rings. The first kappa shape index (κ1) is 20.3. The first-order valence-electron chi connectivity index (χ1n) is 8.30. The summed E-state index contributed by atoms with van der Waals surface area (Å²) in [6.07, 6.45) is 1.55. The Bertz CT molecular complexity index is 733. The number of aromatic nitrogens is 2. The monoisotopic (exact) mass is 396 g/mol. The van der Waals surface area contributed by atoms with Crippen molar-refractivity contribution < 1.29 is 14.0 Å². The number of thioether (sulfide) groups is 1. The zero-order chi connectivity index (χ0) is 18.9. The lowest BCUT2D eigenvalue weighted by Crippen LogP contribution is -2.24. The molecule has 2 N–H and O–H groups in total. The standard InChI is InChI=1S/C17H21FN4O2S2/c1-3-12(4-2)15(24)20-16-21-22-17(26-16)25-10-14(23)19-9-11-5-7-13(18)8-6-11/h5-8,12H,3-4,9-10H2,1-2H3,(H,19,23)(H,20,21,24). The number of anilines is 1. The second-order valence-corrected chi connectivity index (χ2v) is 7.77. The number of halogens is 1. The summed E-state index contributed by atoms with van der Waals surface area (Å²) >= 11 is 2.50. The van der Waals surface area contributed by atoms with Crippen LogP contribution in [0.15, 0.2) is 28.6 Å². The number of carbonyl (C=O) groups excluding carboxylic acids is 2. The number of hydrogen-bond donors (Lipinski definition) is 2. The summed E-state index contributed by atoms with van der Waals surface area (Å²) in [7, 11) is 0. The Morgan fingerprint density at radius 2 is 1.88 bits per heavy atom. The minimum Gasteiger partial charge on any atom is -0.351 e. The van der Waals surface area contributed by atoms with E-state index >= 15 is 0 Å². The van der Waals surface area contributed by atoms with Crippen molar-refractivity contribution >= 4 is 40.0 Å². The minimum atomic E-state index is -0.306. The number of carbonyl (C=O) groups is 2. The van der Waals surface area contributed by atoms with Crippen molar-refractivity contribution in [1.82, 2.24) is 15.5 Å². The molecule has 26 heavy (non-hydrogen) atoms. The zero-order valence-electron chi connectivity index (χ0n) is 14.6. The largest absolute Gasteiger partial charge is 0.351 e. The Morgan fingerprint density at radius 1 is 1.19 bits per heavy atom. The van der Waals surface area contributed by atoms with Crippen molar-refractivity contribution in [2.24, 2.45) is 5.92 Å². The quantitative estimate of drug-likeness (QED) is 0.501. The molecule has 1 aromatic heterocycles. The van der Waals surface area contributed by atoms with Gasteiger partial charge in [0.1, 0.15) is 5.82 Å². The van der Waals surface area contributed by atoms with E-state index in [1.807, 2.05) is 13.8 Å². The molecule has 0 saturated heterocycles. The van der Waals surface area contributed by atoms with Crippen molar-refractivity contribution in [2.45, 2.75) is 37.6 Å². The smallest absolute Gasteiger partial charge is 0.230 e. The second kappa shape index (κ2) is 10.2. The predicted molar refractivity (Wildman–Crippen MR) is 102 cm³/mol. The number of nitrogens with zero attached hydrogens (tertiary/aromatic N) is 2. The molecule has 0 saturated carbocycles. The van der Waals surface area contributed by atoms with E-state index in [4.69, 9.17) is 0 Å². The molecule has 2 rings (SSSR count). The molecule has 0 atom stereocenters. The van der Waals surface area contributed by atoms with Crippen molar-refractivity contribution in [3.8, 4) is 0 Å². The summed E-state index contributed by atoms with van der Waals surface area (Å²) in [4.78, 5) is 23.9. The van der Waals surface area contributed by atoms with Crippen molar-refractivity contribution in [3.05, 3.63) is 35.6 Å². The van der Waals surface area contributed by atoms with Gasteiger partial charge in [-0.25, -0.2) is 4.39 Å². The van der Waals surface area contributed by atoms with Gasteiger partial charge in [0.15, 0.2) is 4.34 Å². The number of hydrogen-bond acceptors (Lipinski definition) is 6. The van der Waals surface area contributed by atoms with Crippen LogP contribution in [0.25, 0.3) is 0 Å². The Hall–Kier alpha value is -2.00. The average molecular weight is 397 g/mol. The SMILES string of the molecule is CCC(CC)C(=O)Nc1nnc(SCC(=O)NCc2ccc(F)cc2)s1. The fourth-order valence-corrected chi connectivity index (χ4v) is 3.75. The molecule has 140 valence electrons. The maximum atomic E-state index is 12.8. The summed E-state index contributed by atoms with van der Waals surface area (Å²) in [5.74, 6) is -0.362. The van der Waals surface area contributed by atoms with Crippen LogP contribution in [0.2, 0.25) is 0 Å². The highest BCUT2D eigenvalue weighted by atomic mass is 32.2. The van der Waals surface area contributed by atoms with Gasteiger partial charge >= 0.3 is 0 Å². The molecular weight excluding hydrogens is 375 g/mol. The Balaban J connectivity index is 1.75. The molecule has 0 spiro atoms. The summed E-state index contributed by atoms with van der Waals surface area (Å²) in [6, 6.07) is 5.97. The van der Waals surface area contributed by atoms with E-state index in [1.165, 1.54) is 35.2 Å². The molecule has 6 nitrogen and oxygen atoms in total. The van der Waals surface area contributed by atoms with Crippen LogP contribution in [0, 0.1) is 11.7 Å². The van der Waals surface area contributed by atoms with E-state index in [2.05, 4.69) is 20.8 Å². The van der Waals surface area contributed by atoms with Gasteiger partial charge in [-0.1, -0.05) is 49.1 Å². The highest BCUT2D eigenvalue weighted by Gasteiger charge is 2.16. The normalized spacial score (nSPS) is 10.8. The predicted octanol–water partition coefficient (Wildman–Crippen LogP) is 3.46. The molecule has 9 heteroatoms. The summed E-state index contributed by atoms with van der Waals surface area (Å²) in [6.45, 7) is 4.28. The van der Waals surface area contributed by atoms with Gasteiger partial charge in [0.05, 0.1) is 5.75 Å². The van der Waals surface area contributed by atoms with E-state index in [9.17, 15) is 14.0 Å². The second-order valence-electron chi connectivity index (χ2n) is 5.57. The van der Waals surface area contributed by atoms with Gasteiger partial charge in [0.2, 0.25) is 16.9 Å². The van der Waals surface area contributed by atoms with Crippen LogP contribution >= 0.6 is 23.1 Å². The topological polar surface area (TPSA) is 84.0 Å². The molecule has 0 fully saturated rings. The van der Waals surface area contributed by atoms with Crippen LogP contribution < -0.4 is 10.6 Å². The maximum absolute atomic E-state index is 12.8. The molecular formula is C17H21FN4O2S2. The Labute approximate surface area is 160 Å². The van der Waals surface area contributed by atoms with Crippen LogP contribution in [0.1, 0.15) is 32.3 Å². The molecule has 2 amide bonds. The first-order valence-corrected chi connectivity index (χ1v) is 10.1. The van der Waals surface area contributed by atoms with Gasteiger partial charge in [-0.15, -0.1) is 10.2 Å². The number of amides is 2. The van der Waals surface area contributed by atoms with Crippen LogP contribution in [0.5, 0.6) is 0 Å². The Morgan fingerprint density at radius 3 is 2.54 bits per heavy atom. The highest BCUT2D eigenvalue weighted by Crippen LogP contribution is 2.26. The van der Waals surface area contributed by atoms with Crippen molar-refractivity contribution in [1.29, 1.82) is 0 Å². The lowest BCUT2D eigenvalue weighted by Gasteiger charge is -2.09. The lowest BCUT2D eigenvalue weighted by molar-refractivity contribution is -0.120. The molecule has 0 unspecified atom stereocenters. The first-order chi connectivity index (χ1) is 12.5. The van der Waals surface area contributed by atoms with Crippen LogP contribution in [0.4, 0.5) is 9.52 Å². The van der Waals surface area contributed by atoms with Gasteiger partial charge in [-0.05, 0) is 30.5 Å². The summed E-state index contributed by atoms with van der Waals surface area (Å²) in [5, 5.41) is 13.9. The fraction of sp³-hybridized carbons (Fsp3) is 0.412. The zero-order valence-corrected chi connectivity index (χ0v) is 16.3. The van der Waals surface area contributed by atoms with Gasteiger partial charge in [0.25, 0.3) is 0 Å². The van der Waals surface area contributed by atoms with Crippen LogP contribution in [-0.2, 0) is 16.1 Å². The van der Waals surface area contributed by atoms with E-state index in [0.717, 1.165) is 18.4 Å². The van der Waals surface area contributed by atoms with Gasteiger partial charge in [0, 0.05) is 12.5 Å². The maximum Gasteiger partial charge on any atom is 0.230 e. The molecule has 0 aliphatic rings. The van der Waals surface area contributed by atoms with E-state index in [1.54, 1.807) is 12.1 Å². The molecule has 0 aliphatic heterocycles. The molecule has 0 radical (unpaired) electrons. The lowest BCUT2D eigenvalue weighted by atomic mass is 10.0. The molecule has 1 aromatic carbocycles. The minimum absolute atomic E-state index is 0.0350. The summed E-state index contributed by atoms with van der Waals surface area (Å²) < 4.78 is 13.4. The van der Waals surface area contributed by atoms with E-state index < -0.39 is 0 Å². The van der Waals surface area contributed by atoms with Gasteiger partial charge in [-0.2, -0.15) is 0 Å². The third-order valence-electron chi connectivity index (χ3n) is 3.72. The number of rotatable bonds is 9. The molecule has 0 bridgehead atoms. The van der Waals surface area contributed by atoms with Gasteiger partial charge in [-0.3, -0.25) is 9.59 Å². The number of nitrogens with one attached hydrogen (secondary N) is 2. The highest BCUT2D eigenvalue weighted by molar-refractivity contribution is 8.01. The third-order valence-corrected chi connectivity index (χ3v) is 5.69. The van der Waals surface area contributed by atoms with Crippen molar-refractivity contribution in [3.63, 3.8) is 0 Å². The summed E-state index contributed by atoms with van der Waals surface area (Å²) in [5.41, 5.74) is 0.826. The molecule has 1 heterocycles. The molecule has 0 aliphatic carbocycles. The van der Waals surface area contributed by atoms with E-state index in [0.29, 0.717) is 16.0 Å². The number of benzene rings is 1. The Kier molecular flexibility index (Phi) is 7.99. The van der Waals surface area contributed by atoms with Crippen LogP contribution in [-0.4, -0.2) is 27.8 Å². The van der Waals surface area contributed by atoms with Crippen molar-refractivity contribution in [2.75, 3.05) is 11.1 Å². The van der Waals surface area contributed by atoms with Gasteiger partial charge < -0.3 is 10.6 Å². The fourth-order valence-electron chi connectivity index (χ4n) is 2.17. The van der Waals surface area contributed by atoms with Crippen LogP contribution in [0.3, 0.4) is 0 Å². The third kappa shape index (κ3) is 6.38. The average Bonchev–Trinajstić information content (AvgIpc) is 3.08.